The quantitative estimate of drug-likeness (QED) is 0.384. The van der Waals surface area contributed by atoms with Crippen molar-refractivity contribution in [2.75, 3.05) is 6.61 Å². The minimum atomic E-state index is -1.95. The summed E-state index contributed by atoms with van der Waals surface area (Å²) in [5.74, 6) is -1.54. The number of fused-ring (bicyclic) bond motifs is 5. The number of pyridine rings is 2. The molecule has 194 valence electrons. The van der Waals surface area contributed by atoms with Gasteiger partial charge >= 0.3 is 5.97 Å². The third kappa shape index (κ3) is 4.00. The molecule has 1 amide bonds. The van der Waals surface area contributed by atoms with Gasteiger partial charge in [0.05, 0.1) is 35.1 Å². The maximum absolute atomic E-state index is 14.5. The first-order valence-electron chi connectivity index (χ1n) is 12.2. The number of carbonyl (C=O) groups excluding carboxylic acids is 2. The molecule has 2 aromatic heterocycles. The van der Waals surface area contributed by atoms with E-state index in [1.165, 1.54) is 10.6 Å². The Balaban J connectivity index is 1.67. The van der Waals surface area contributed by atoms with Crippen molar-refractivity contribution >= 4 is 22.8 Å². The Morgan fingerprint density at radius 2 is 2.05 bits per heavy atom. The number of ether oxygens (including phenoxy) is 2. The second kappa shape index (κ2) is 9.04. The van der Waals surface area contributed by atoms with Crippen molar-refractivity contribution < 1.29 is 28.6 Å². The van der Waals surface area contributed by atoms with Crippen LogP contribution in [-0.2, 0) is 44.4 Å². The molecule has 37 heavy (non-hydrogen) atoms. The van der Waals surface area contributed by atoms with E-state index in [0.717, 1.165) is 0 Å². The van der Waals surface area contributed by atoms with Crippen LogP contribution < -0.4 is 10.9 Å². The molecule has 1 atom stereocenters. The Morgan fingerprint density at radius 3 is 2.76 bits per heavy atom. The van der Waals surface area contributed by atoms with E-state index in [-0.39, 0.29) is 55.9 Å². The third-order valence-corrected chi connectivity index (χ3v) is 7.10. The number of carbonyl (C=O) groups is 2. The molecular formula is C27H28FN3O6. The molecule has 1 aromatic carbocycles. The molecule has 2 aliphatic heterocycles. The number of hydrogen-bond acceptors (Lipinski definition) is 7. The second-order valence-corrected chi connectivity index (χ2v) is 9.78. The molecule has 10 heteroatoms. The van der Waals surface area contributed by atoms with E-state index in [1.54, 1.807) is 26.0 Å². The van der Waals surface area contributed by atoms with Crippen molar-refractivity contribution in [3.05, 3.63) is 62.2 Å². The van der Waals surface area contributed by atoms with Gasteiger partial charge in [-0.05, 0) is 50.5 Å². The Morgan fingerprint density at radius 1 is 1.30 bits per heavy atom. The van der Waals surface area contributed by atoms with Gasteiger partial charge in [0, 0.05) is 29.1 Å². The van der Waals surface area contributed by atoms with E-state index in [1.807, 2.05) is 13.8 Å². The Kier molecular flexibility index (Phi) is 6.12. The highest BCUT2D eigenvalue weighted by atomic mass is 19.1. The van der Waals surface area contributed by atoms with Crippen LogP contribution in [0.5, 0.6) is 0 Å². The largest absolute Gasteiger partial charge is 0.458 e. The number of esters is 1. The lowest BCUT2D eigenvalue weighted by Gasteiger charge is -2.31. The Bertz CT molecular complexity index is 1530. The predicted molar refractivity (Wildman–Crippen MR) is 132 cm³/mol. The van der Waals surface area contributed by atoms with E-state index < -0.39 is 22.9 Å². The smallest absolute Gasteiger partial charge is 0.343 e. The highest BCUT2D eigenvalue weighted by Gasteiger charge is 2.45. The molecule has 0 saturated heterocycles. The number of aliphatic hydroxyl groups is 1. The molecule has 0 spiro atoms. The van der Waals surface area contributed by atoms with Gasteiger partial charge in [-0.25, -0.2) is 14.2 Å². The fourth-order valence-electron chi connectivity index (χ4n) is 4.97. The zero-order valence-electron chi connectivity index (χ0n) is 21.1. The molecule has 2 aliphatic rings. The first-order valence-corrected chi connectivity index (χ1v) is 12.2. The van der Waals surface area contributed by atoms with Crippen molar-refractivity contribution in [2.45, 2.75) is 65.5 Å². The lowest BCUT2D eigenvalue weighted by Crippen LogP contribution is -2.44. The highest BCUT2D eigenvalue weighted by Crippen LogP contribution is 2.40. The number of rotatable bonds is 6. The summed E-state index contributed by atoms with van der Waals surface area (Å²) in [7, 11) is 0. The maximum atomic E-state index is 14.5. The first-order chi connectivity index (χ1) is 17.5. The van der Waals surface area contributed by atoms with E-state index in [0.29, 0.717) is 39.0 Å². The topological polar surface area (TPSA) is 120 Å². The summed E-state index contributed by atoms with van der Waals surface area (Å²) < 4.78 is 26.6. The second-order valence-electron chi connectivity index (χ2n) is 9.78. The molecule has 0 bridgehead atoms. The van der Waals surface area contributed by atoms with Crippen LogP contribution >= 0.6 is 0 Å². The van der Waals surface area contributed by atoms with Gasteiger partial charge in [0.1, 0.15) is 19.0 Å². The van der Waals surface area contributed by atoms with Crippen LogP contribution in [-0.4, -0.2) is 39.2 Å². The van der Waals surface area contributed by atoms with Gasteiger partial charge in [0.15, 0.2) is 5.60 Å². The zero-order chi connectivity index (χ0) is 26.6. The van der Waals surface area contributed by atoms with Crippen molar-refractivity contribution in [3.8, 4) is 11.4 Å². The highest BCUT2D eigenvalue weighted by molar-refractivity contribution is 5.90. The lowest BCUT2D eigenvalue weighted by molar-refractivity contribution is -0.172. The van der Waals surface area contributed by atoms with Gasteiger partial charge in [-0.15, -0.1) is 0 Å². The number of benzene rings is 1. The number of hydrogen-bond donors (Lipinski definition) is 2. The van der Waals surface area contributed by atoms with Crippen molar-refractivity contribution in [1.29, 1.82) is 0 Å². The standard InChI is InChI=1S/C27H28FN3O6/c1-5-27(35)19-7-22-24-17(10-31(22)25(33)18(19)11-37-26(27)34)16(9-29-23(32)12-36-13(2)3)15-6-14(4)20(28)8-21(15)30-24/h6-8,13,35H,5,9-12H2,1-4H3,(H,29,32)/t27-/m0/s1. The van der Waals surface area contributed by atoms with E-state index >= 15 is 0 Å². The fourth-order valence-corrected chi connectivity index (χ4v) is 4.97. The summed E-state index contributed by atoms with van der Waals surface area (Å²) >= 11 is 0. The molecule has 0 unspecified atom stereocenters. The monoisotopic (exact) mass is 509 g/mol. The third-order valence-electron chi connectivity index (χ3n) is 7.10. The summed E-state index contributed by atoms with van der Waals surface area (Å²) in [5.41, 5.74) is 1.14. The van der Waals surface area contributed by atoms with Crippen LogP contribution in [0.25, 0.3) is 22.3 Å². The molecule has 9 nitrogen and oxygen atoms in total. The van der Waals surface area contributed by atoms with Crippen LogP contribution in [0.3, 0.4) is 0 Å². The van der Waals surface area contributed by atoms with Crippen LogP contribution in [0.2, 0.25) is 0 Å². The van der Waals surface area contributed by atoms with E-state index in [4.69, 9.17) is 14.5 Å². The summed E-state index contributed by atoms with van der Waals surface area (Å²) in [6, 6.07) is 4.62. The molecule has 0 saturated carbocycles. The summed E-state index contributed by atoms with van der Waals surface area (Å²) in [6.45, 7) is 6.91. The molecule has 0 radical (unpaired) electrons. The van der Waals surface area contributed by atoms with Gasteiger partial charge in [-0.3, -0.25) is 9.59 Å². The normalized spacial score (nSPS) is 18.0. The number of nitrogens with zero attached hydrogens (tertiary/aromatic N) is 2. The zero-order valence-corrected chi connectivity index (χ0v) is 21.1. The van der Waals surface area contributed by atoms with Crippen LogP contribution in [0.15, 0.2) is 23.0 Å². The number of aryl methyl sites for hydroxylation is 1. The van der Waals surface area contributed by atoms with Crippen molar-refractivity contribution in [2.24, 2.45) is 0 Å². The van der Waals surface area contributed by atoms with Gasteiger partial charge in [0.2, 0.25) is 5.91 Å². The Labute approximate surface area is 212 Å². The molecule has 5 rings (SSSR count). The van der Waals surface area contributed by atoms with Gasteiger partial charge in [-0.2, -0.15) is 0 Å². The molecule has 0 aliphatic carbocycles. The lowest BCUT2D eigenvalue weighted by atomic mass is 9.86. The van der Waals surface area contributed by atoms with Crippen LogP contribution in [0, 0.1) is 12.7 Å². The summed E-state index contributed by atoms with van der Waals surface area (Å²) in [6.07, 6.45) is -0.0765. The van der Waals surface area contributed by atoms with E-state index in [9.17, 15) is 23.9 Å². The number of nitrogens with one attached hydrogen (secondary N) is 1. The molecule has 4 heterocycles. The average Bonchev–Trinajstić information content (AvgIpc) is 3.22. The number of cyclic esters (lactones) is 1. The van der Waals surface area contributed by atoms with Crippen molar-refractivity contribution in [1.82, 2.24) is 14.9 Å². The summed E-state index contributed by atoms with van der Waals surface area (Å²) in [5, 5.41) is 14.6. The van der Waals surface area contributed by atoms with Gasteiger partial charge in [-0.1, -0.05) is 6.92 Å². The van der Waals surface area contributed by atoms with Gasteiger partial charge < -0.3 is 24.5 Å². The number of halogens is 1. The minimum absolute atomic E-state index is 0.0277. The fraction of sp³-hybridized carbons (Fsp3) is 0.407. The molecule has 0 fully saturated rings. The van der Waals surface area contributed by atoms with Crippen molar-refractivity contribution in [3.63, 3.8) is 0 Å². The SMILES string of the molecule is CC[C@@]1(O)C(=O)OCc2c1cc1n(c2=O)Cc2c-1nc1cc(F)c(C)cc1c2CNC(=O)COC(C)C. The number of aromatic nitrogens is 2. The maximum Gasteiger partial charge on any atom is 0.343 e. The minimum Gasteiger partial charge on any atom is -0.458 e. The molecule has 2 N–H and O–H groups in total. The molecule has 3 aromatic rings. The predicted octanol–water partition coefficient (Wildman–Crippen LogP) is 2.57. The van der Waals surface area contributed by atoms with Gasteiger partial charge in [0.25, 0.3) is 5.56 Å². The van der Waals surface area contributed by atoms with Crippen LogP contribution in [0.1, 0.15) is 55.0 Å². The summed E-state index contributed by atoms with van der Waals surface area (Å²) in [4.78, 5) is 43.0. The van der Waals surface area contributed by atoms with Crippen LogP contribution in [0.4, 0.5) is 4.39 Å². The Hall–Kier alpha value is -3.63. The first kappa shape index (κ1) is 25.0. The number of amides is 1. The average molecular weight is 510 g/mol. The van der Waals surface area contributed by atoms with E-state index in [2.05, 4.69) is 5.32 Å². The molecular weight excluding hydrogens is 481 g/mol.